The molecule has 0 aromatic heterocycles. The van der Waals surface area contributed by atoms with Gasteiger partial charge in [-0.3, -0.25) is 0 Å². The summed E-state index contributed by atoms with van der Waals surface area (Å²) in [5.74, 6) is 1.33. The number of halogens is 1. The fourth-order valence-electron chi connectivity index (χ4n) is 3.94. The molecule has 1 aromatic rings. The van der Waals surface area contributed by atoms with Gasteiger partial charge in [-0.25, -0.2) is 4.39 Å². The zero-order chi connectivity index (χ0) is 17.0. The molecular formula is C21H29FO2. The van der Waals surface area contributed by atoms with Gasteiger partial charge in [-0.05, 0) is 49.5 Å². The van der Waals surface area contributed by atoms with Gasteiger partial charge in [-0.1, -0.05) is 43.7 Å². The van der Waals surface area contributed by atoms with E-state index in [0.717, 1.165) is 12.0 Å². The second kappa shape index (κ2) is 7.79. The molecule has 0 bridgehead atoms. The zero-order valence-corrected chi connectivity index (χ0v) is 14.7. The van der Waals surface area contributed by atoms with E-state index in [1.807, 2.05) is 6.92 Å². The molecule has 0 unspecified atom stereocenters. The number of benzene rings is 1. The van der Waals surface area contributed by atoms with Crippen molar-refractivity contribution in [3.8, 4) is 0 Å². The molecule has 3 heteroatoms. The van der Waals surface area contributed by atoms with Crippen LogP contribution in [-0.2, 0) is 9.47 Å². The third kappa shape index (κ3) is 4.07. The van der Waals surface area contributed by atoms with Gasteiger partial charge in [0, 0.05) is 5.56 Å². The van der Waals surface area contributed by atoms with Gasteiger partial charge in [0.15, 0.2) is 12.0 Å². The Balaban J connectivity index is 1.56. The van der Waals surface area contributed by atoms with E-state index in [9.17, 15) is 4.39 Å². The van der Waals surface area contributed by atoms with E-state index in [0.29, 0.717) is 18.3 Å². The van der Waals surface area contributed by atoms with Crippen molar-refractivity contribution in [3.63, 3.8) is 0 Å². The van der Waals surface area contributed by atoms with Crippen LogP contribution in [0.3, 0.4) is 0 Å². The second-order valence-corrected chi connectivity index (χ2v) is 7.37. The lowest BCUT2D eigenvalue weighted by molar-refractivity contribution is -0.238. The van der Waals surface area contributed by atoms with Crippen LogP contribution >= 0.6 is 0 Å². The van der Waals surface area contributed by atoms with Crippen molar-refractivity contribution >= 4 is 0 Å². The van der Waals surface area contributed by atoms with E-state index in [1.54, 1.807) is 0 Å². The minimum absolute atomic E-state index is 0.124. The quantitative estimate of drug-likeness (QED) is 0.644. The summed E-state index contributed by atoms with van der Waals surface area (Å²) in [5, 5.41) is 0. The van der Waals surface area contributed by atoms with Crippen molar-refractivity contribution in [1.29, 1.82) is 0 Å². The average molecular weight is 332 g/mol. The largest absolute Gasteiger partial charge is 0.345 e. The SMILES string of the molecule is C=CC1CCC(c2ccc(C3OCC(F)(CCC)CO3)cc2)CC1. The highest BCUT2D eigenvalue weighted by atomic mass is 19.1. The van der Waals surface area contributed by atoms with Gasteiger partial charge in [0.1, 0.15) is 0 Å². The molecule has 1 aliphatic heterocycles. The fraction of sp³-hybridized carbons (Fsp3) is 0.619. The predicted molar refractivity (Wildman–Crippen MR) is 94.7 cm³/mol. The standard InChI is InChI=1S/C21H29FO2/c1-3-13-21(22)14-23-20(24-15-21)19-11-9-18(10-12-19)17-7-5-16(4-2)6-8-17/h4,9-12,16-17,20H,2-3,5-8,13-15H2,1H3. The Morgan fingerprint density at radius 3 is 2.21 bits per heavy atom. The van der Waals surface area contributed by atoms with Crippen LogP contribution < -0.4 is 0 Å². The molecule has 24 heavy (non-hydrogen) atoms. The van der Waals surface area contributed by atoms with Crippen LogP contribution in [0.25, 0.3) is 0 Å². The van der Waals surface area contributed by atoms with Gasteiger partial charge in [-0.15, -0.1) is 6.58 Å². The number of hydrogen-bond acceptors (Lipinski definition) is 2. The summed E-state index contributed by atoms with van der Waals surface area (Å²) < 4.78 is 25.6. The molecule has 0 radical (unpaired) electrons. The Kier molecular flexibility index (Phi) is 5.72. The first-order chi connectivity index (χ1) is 11.6. The molecule has 1 aromatic carbocycles. The van der Waals surface area contributed by atoms with Crippen molar-refractivity contribution in [2.24, 2.45) is 5.92 Å². The Morgan fingerprint density at radius 1 is 1.08 bits per heavy atom. The summed E-state index contributed by atoms with van der Waals surface area (Å²) in [7, 11) is 0. The molecule has 3 rings (SSSR count). The highest BCUT2D eigenvalue weighted by molar-refractivity contribution is 5.27. The summed E-state index contributed by atoms with van der Waals surface area (Å²) in [6.45, 7) is 6.14. The molecule has 132 valence electrons. The third-order valence-electron chi connectivity index (χ3n) is 5.47. The van der Waals surface area contributed by atoms with E-state index >= 15 is 0 Å². The van der Waals surface area contributed by atoms with Crippen LogP contribution in [0.4, 0.5) is 4.39 Å². The molecule has 0 spiro atoms. The van der Waals surface area contributed by atoms with E-state index in [2.05, 4.69) is 36.9 Å². The Labute approximate surface area is 145 Å². The van der Waals surface area contributed by atoms with Crippen molar-refractivity contribution < 1.29 is 13.9 Å². The number of rotatable bonds is 5. The summed E-state index contributed by atoms with van der Waals surface area (Å²) in [4.78, 5) is 0. The van der Waals surface area contributed by atoms with Gasteiger partial charge in [0.05, 0.1) is 13.2 Å². The molecule has 2 nitrogen and oxygen atoms in total. The average Bonchev–Trinajstić information content (AvgIpc) is 2.63. The summed E-state index contributed by atoms with van der Waals surface area (Å²) >= 11 is 0. The maximum Gasteiger partial charge on any atom is 0.184 e. The molecule has 0 amide bonds. The summed E-state index contributed by atoms with van der Waals surface area (Å²) in [6.07, 6.45) is 7.89. The van der Waals surface area contributed by atoms with Crippen LogP contribution in [0.2, 0.25) is 0 Å². The van der Waals surface area contributed by atoms with E-state index in [1.165, 1.54) is 31.2 Å². The predicted octanol–water partition coefficient (Wildman–Crippen LogP) is 5.70. The molecular weight excluding hydrogens is 303 g/mol. The molecule has 1 saturated heterocycles. The van der Waals surface area contributed by atoms with Gasteiger partial charge in [0.2, 0.25) is 0 Å². The highest BCUT2D eigenvalue weighted by Crippen LogP contribution is 2.37. The molecule has 0 N–H and O–H groups in total. The Hall–Kier alpha value is -1.19. The second-order valence-electron chi connectivity index (χ2n) is 7.37. The van der Waals surface area contributed by atoms with Gasteiger partial charge in [-0.2, -0.15) is 0 Å². The van der Waals surface area contributed by atoms with E-state index in [-0.39, 0.29) is 13.2 Å². The first-order valence-electron chi connectivity index (χ1n) is 9.28. The zero-order valence-electron chi connectivity index (χ0n) is 14.7. The third-order valence-corrected chi connectivity index (χ3v) is 5.47. The minimum atomic E-state index is -1.32. The van der Waals surface area contributed by atoms with Gasteiger partial charge < -0.3 is 9.47 Å². The first kappa shape index (κ1) is 17.6. The molecule has 0 atom stereocenters. The Morgan fingerprint density at radius 2 is 1.67 bits per heavy atom. The highest BCUT2D eigenvalue weighted by Gasteiger charge is 2.36. The molecule has 2 aliphatic rings. The number of allylic oxidation sites excluding steroid dienone is 1. The number of ether oxygens (including phenoxy) is 2. The molecule has 2 fully saturated rings. The van der Waals surface area contributed by atoms with Crippen molar-refractivity contribution in [3.05, 3.63) is 48.0 Å². The number of hydrogen-bond donors (Lipinski definition) is 0. The molecule has 1 heterocycles. The maximum atomic E-state index is 14.4. The summed E-state index contributed by atoms with van der Waals surface area (Å²) in [6, 6.07) is 8.52. The van der Waals surface area contributed by atoms with Gasteiger partial charge >= 0.3 is 0 Å². The number of alkyl halides is 1. The maximum absolute atomic E-state index is 14.4. The van der Waals surface area contributed by atoms with Crippen LogP contribution in [0.5, 0.6) is 0 Å². The smallest absolute Gasteiger partial charge is 0.184 e. The lowest BCUT2D eigenvalue weighted by Gasteiger charge is -2.34. The normalized spacial score (nSPS) is 34.0. The minimum Gasteiger partial charge on any atom is -0.345 e. The van der Waals surface area contributed by atoms with E-state index in [4.69, 9.17) is 9.47 Å². The first-order valence-corrected chi connectivity index (χ1v) is 9.28. The molecule has 1 saturated carbocycles. The lowest BCUT2D eigenvalue weighted by Crippen LogP contribution is -2.41. The van der Waals surface area contributed by atoms with Crippen LogP contribution in [-0.4, -0.2) is 18.9 Å². The van der Waals surface area contributed by atoms with Crippen LogP contribution in [0, 0.1) is 5.92 Å². The lowest BCUT2D eigenvalue weighted by atomic mass is 9.79. The van der Waals surface area contributed by atoms with Crippen molar-refractivity contribution in [2.75, 3.05) is 13.2 Å². The van der Waals surface area contributed by atoms with Crippen molar-refractivity contribution in [2.45, 2.75) is 63.3 Å². The fourth-order valence-corrected chi connectivity index (χ4v) is 3.94. The molecule has 1 aliphatic carbocycles. The van der Waals surface area contributed by atoms with Crippen LogP contribution in [0.1, 0.15) is 68.8 Å². The van der Waals surface area contributed by atoms with Crippen LogP contribution in [0.15, 0.2) is 36.9 Å². The summed E-state index contributed by atoms with van der Waals surface area (Å²) in [5.41, 5.74) is 1.05. The monoisotopic (exact) mass is 332 g/mol. The van der Waals surface area contributed by atoms with Crippen molar-refractivity contribution in [1.82, 2.24) is 0 Å². The van der Waals surface area contributed by atoms with Gasteiger partial charge in [0.25, 0.3) is 0 Å². The van der Waals surface area contributed by atoms with E-state index < -0.39 is 12.0 Å². The Bertz CT molecular complexity index is 523. The topological polar surface area (TPSA) is 18.5 Å².